The fourth-order valence-electron chi connectivity index (χ4n) is 5.02. The molecule has 0 bridgehead atoms. The third-order valence-electron chi connectivity index (χ3n) is 6.90. The first-order valence-electron chi connectivity index (χ1n) is 12.2. The van der Waals surface area contributed by atoms with Gasteiger partial charge in [-0.3, -0.25) is 14.9 Å². The first-order chi connectivity index (χ1) is 17.1. The van der Waals surface area contributed by atoms with Crippen LogP contribution >= 0.6 is 0 Å². The van der Waals surface area contributed by atoms with Crippen molar-refractivity contribution in [2.75, 3.05) is 18.4 Å². The van der Waals surface area contributed by atoms with E-state index in [-0.39, 0.29) is 35.6 Å². The summed E-state index contributed by atoms with van der Waals surface area (Å²) in [6.07, 6.45) is 2.84. The van der Waals surface area contributed by atoms with Crippen molar-refractivity contribution >= 4 is 34.6 Å². The van der Waals surface area contributed by atoms with Crippen molar-refractivity contribution in [3.63, 3.8) is 0 Å². The number of likely N-dealkylation sites (tertiary alicyclic amines) is 1. The van der Waals surface area contributed by atoms with Crippen LogP contribution in [0.4, 0.5) is 10.5 Å². The first kappa shape index (κ1) is 23.8. The lowest BCUT2D eigenvalue weighted by Crippen LogP contribution is -2.39. The van der Waals surface area contributed by atoms with Gasteiger partial charge in [0.1, 0.15) is 11.2 Å². The normalized spacial score (nSPS) is 21.6. The predicted molar refractivity (Wildman–Crippen MR) is 136 cm³/mol. The molecular formula is C27H31N5O4. The Hall–Kier alpha value is -3.88. The van der Waals surface area contributed by atoms with E-state index in [2.05, 4.69) is 20.6 Å². The molecule has 3 amide bonds. The maximum absolute atomic E-state index is 13.2. The Morgan fingerprint density at radius 3 is 2.61 bits per heavy atom. The quantitative estimate of drug-likeness (QED) is 0.503. The van der Waals surface area contributed by atoms with Gasteiger partial charge in [0.05, 0.1) is 11.5 Å². The van der Waals surface area contributed by atoms with E-state index < -0.39 is 11.7 Å². The molecule has 2 aliphatic rings. The summed E-state index contributed by atoms with van der Waals surface area (Å²) in [6, 6.07) is 11.1. The van der Waals surface area contributed by atoms with Gasteiger partial charge in [-0.25, -0.2) is 9.78 Å². The number of hydrogen-bond donors (Lipinski definition) is 3. The number of rotatable bonds is 5. The number of ether oxygens (including phenoxy) is 1. The molecule has 36 heavy (non-hydrogen) atoms. The second-order valence-electron chi connectivity index (χ2n) is 10.6. The van der Waals surface area contributed by atoms with E-state index in [0.29, 0.717) is 30.0 Å². The van der Waals surface area contributed by atoms with Crippen LogP contribution in [0.15, 0.2) is 48.8 Å². The zero-order chi connectivity index (χ0) is 25.6. The third kappa shape index (κ3) is 4.78. The van der Waals surface area contributed by atoms with E-state index in [1.165, 1.54) is 0 Å². The summed E-state index contributed by atoms with van der Waals surface area (Å²) in [7, 11) is 0. The standard InChI is InChI=1S/C27H31N5O4/c1-15(16-7-5-8-17(11-16)30-26(35)36-27(2,3)4)25(34)32-13-20-21(14-32)22(20)31-24(33)19-12-29-23-18(19)9-6-10-28-23/h5-12,15,20-22H,13-14H2,1-4H3,(H,28,29)(H,30,35)(H,31,33)/t15?,20-,21-/m0/s1. The molecule has 1 aromatic carbocycles. The molecule has 1 saturated carbocycles. The van der Waals surface area contributed by atoms with Gasteiger partial charge in [0.15, 0.2) is 0 Å². The number of pyridine rings is 1. The van der Waals surface area contributed by atoms with E-state index in [9.17, 15) is 14.4 Å². The van der Waals surface area contributed by atoms with Gasteiger partial charge in [0, 0.05) is 54.4 Å². The van der Waals surface area contributed by atoms with Crippen molar-refractivity contribution in [2.45, 2.75) is 45.3 Å². The largest absolute Gasteiger partial charge is 0.444 e. The molecule has 3 heterocycles. The van der Waals surface area contributed by atoms with Crippen molar-refractivity contribution in [3.05, 3.63) is 59.9 Å². The maximum Gasteiger partial charge on any atom is 0.412 e. The van der Waals surface area contributed by atoms with Crippen LogP contribution in [0.1, 0.15) is 49.5 Å². The minimum atomic E-state index is -0.592. The Balaban J connectivity index is 1.16. The molecule has 188 valence electrons. The fraction of sp³-hybridized carbons (Fsp3) is 0.407. The Bertz CT molecular complexity index is 1310. The fourth-order valence-corrected chi connectivity index (χ4v) is 5.02. The van der Waals surface area contributed by atoms with Crippen LogP contribution in [0.3, 0.4) is 0 Å². The van der Waals surface area contributed by atoms with Gasteiger partial charge in [-0.15, -0.1) is 0 Å². The molecule has 1 aliphatic carbocycles. The molecule has 2 fully saturated rings. The zero-order valence-corrected chi connectivity index (χ0v) is 20.9. The van der Waals surface area contributed by atoms with Crippen LogP contribution in [0.2, 0.25) is 0 Å². The average molecular weight is 490 g/mol. The highest BCUT2D eigenvalue weighted by Gasteiger charge is 2.57. The van der Waals surface area contributed by atoms with Crippen LogP contribution in [0.25, 0.3) is 11.0 Å². The number of piperidine rings is 1. The van der Waals surface area contributed by atoms with E-state index >= 15 is 0 Å². The smallest absolute Gasteiger partial charge is 0.412 e. The Morgan fingerprint density at radius 1 is 1.14 bits per heavy atom. The molecule has 1 saturated heterocycles. The SMILES string of the molecule is CC(C(=O)N1C[C@@H]2C(NC(=O)c3c[nH]c4ncccc34)[C@H]2C1)c1cccc(NC(=O)OC(C)(C)C)c1. The van der Waals surface area contributed by atoms with Crippen LogP contribution in [0.5, 0.6) is 0 Å². The average Bonchev–Trinajstić information content (AvgIpc) is 3.19. The number of anilines is 1. The number of nitrogens with zero attached hydrogens (tertiary/aromatic N) is 2. The molecule has 3 aromatic rings. The summed E-state index contributed by atoms with van der Waals surface area (Å²) in [4.78, 5) is 47.3. The number of H-pyrrole nitrogens is 1. The van der Waals surface area contributed by atoms with Crippen molar-refractivity contribution in [1.29, 1.82) is 0 Å². The summed E-state index contributed by atoms with van der Waals surface area (Å²) in [5, 5.41) is 6.67. The molecule has 2 aromatic heterocycles. The molecule has 3 atom stereocenters. The number of hydrogen-bond acceptors (Lipinski definition) is 5. The molecule has 1 aliphatic heterocycles. The second kappa shape index (κ2) is 8.96. The van der Waals surface area contributed by atoms with E-state index in [1.54, 1.807) is 39.2 Å². The van der Waals surface area contributed by atoms with Crippen LogP contribution in [0, 0.1) is 11.8 Å². The number of carbonyl (C=O) groups excluding carboxylic acids is 3. The molecule has 5 rings (SSSR count). The number of nitrogens with one attached hydrogen (secondary N) is 3. The predicted octanol–water partition coefficient (Wildman–Crippen LogP) is 3.90. The van der Waals surface area contributed by atoms with Crippen molar-refractivity contribution in [3.8, 4) is 0 Å². The Labute approximate surface area is 209 Å². The van der Waals surface area contributed by atoms with Gasteiger partial charge in [-0.1, -0.05) is 12.1 Å². The molecule has 3 N–H and O–H groups in total. The molecule has 9 heteroatoms. The summed E-state index contributed by atoms with van der Waals surface area (Å²) in [5.74, 6) is 0.121. The summed E-state index contributed by atoms with van der Waals surface area (Å²) in [6.45, 7) is 8.55. The van der Waals surface area contributed by atoms with Crippen molar-refractivity contribution < 1.29 is 19.1 Å². The Morgan fingerprint density at radius 2 is 1.89 bits per heavy atom. The lowest BCUT2D eigenvalue weighted by atomic mass is 9.99. The minimum absolute atomic E-state index is 0.0457. The topological polar surface area (TPSA) is 116 Å². The highest BCUT2D eigenvalue weighted by Crippen LogP contribution is 2.46. The number of carbonyl (C=O) groups is 3. The van der Waals surface area contributed by atoms with Gasteiger partial charge in [-0.2, -0.15) is 0 Å². The van der Waals surface area contributed by atoms with E-state index in [4.69, 9.17) is 4.74 Å². The van der Waals surface area contributed by atoms with Crippen molar-refractivity contribution in [1.82, 2.24) is 20.2 Å². The lowest BCUT2D eigenvalue weighted by Gasteiger charge is -2.24. The number of aromatic nitrogens is 2. The van der Waals surface area contributed by atoms with Gasteiger partial charge < -0.3 is 19.9 Å². The lowest BCUT2D eigenvalue weighted by molar-refractivity contribution is -0.131. The van der Waals surface area contributed by atoms with Gasteiger partial charge >= 0.3 is 6.09 Å². The van der Waals surface area contributed by atoms with Gasteiger partial charge in [0.2, 0.25) is 5.91 Å². The van der Waals surface area contributed by atoms with E-state index in [1.807, 2.05) is 42.2 Å². The highest BCUT2D eigenvalue weighted by atomic mass is 16.6. The first-order valence-corrected chi connectivity index (χ1v) is 12.2. The van der Waals surface area contributed by atoms with E-state index in [0.717, 1.165) is 10.9 Å². The highest BCUT2D eigenvalue weighted by molar-refractivity contribution is 6.06. The minimum Gasteiger partial charge on any atom is -0.444 e. The van der Waals surface area contributed by atoms with Gasteiger partial charge in [0.25, 0.3) is 5.91 Å². The molecule has 9 nitrogen and oxygen atoms in total. The number of fused-ring (bicyclic) bond motifs is 2. The summed E-state index contributed by atoms with van der Waals surface area (Å²) in [5.41, 5.74) is 2.10. The summed E-state index contributed by atoms with van der Waals surface area (Å²) >= 11 is 0. The van der Waals surface area contributed by atoms with Gasteiger partial charge in [-0.05, 0) is 57.5 Å². The Kier molecular flexibility index (Phi) is 5.94. The molecule has 0 spiro atoms. The van der Waals surface area contributed by atoms with Crippen LogP contribution in [-0.4, -0.2) is 57.5 Å². The van der Waals surface area contributed by atoms with Crippen LogP contribution < -0.4 is 10.6 Å². The second-order valence-corrected chi connectivity index (χ2v) is 10.6. The number of amides is 3. The number of aromatic amines is 1. The zero-order valence-electron chi connectivity index (χ0n) is 20.9. The number of benzene rings is 1. The monoisotopic (exact) mass is 489 g/mol. The van der Waals surface area contributed by atoms with Crippen molar-refractivity contribution in [2.24, 2.45) is 11.8 Å². The van der Waals surface area contributed by atoms with Crippen LogP contribution in [-0.2, 0) is 9.53 Å². The molecule has 1 unspecified atom stereocenters. The maximum atomic E-state index is 13.2. The molecule has 0 radical (unpaired) electrons. The molecular weight excluding hydrogens is 458 g/mol. The third-order valence-corrected chi connectivity index (χ3v) is 6.90. The summed E-state index contributed by atoms with van der Waals surface area (Å²) < 4.78 is 5.31.